The van der Waals surface area contributed by atoms with E-state index in [1.165, 1.54) is 23.9 Å². The molecule has 0 aliphatic heterocycles. The molecule has 3 rings (SSSR count). The first-order valence-electron chi connectivity index (χ1n) is 5.60. The molecule has 0 amide bonds. The number of thioether (sulfide) groups is 1. The fourth-order valence-electron chi connectivity index (χ4n) is 1.76. The molecule has 19 heavy (non-hydrogen) atoms. The summed E-state index contributed by atoms with van der Waals surface area (Å²) < 4.78 is 15.9. The second-order valence-electron chi connectivity index (χ2n) is 3.98. The van der Waals surface area contributed by atoms with Gasteiger partial charge in [0.2, 0.25) is 0 Å². The Morgan fingerprint density at radius 2 is 2.11 bits per heavy atom. The maximum atomic E-state index is 13.3. The zero-order chi connectivity index (χ0) is 13.2. The highest BCUT2D eigenvalue weighted by Crippen LogP contribution is 2.24. The van der Waals surface area contributed by atoms with E-state index < -0.39 is 0 Å². The fourth-order valence-corrected chi connectivity index (χ4v) is 3.13. The van der Waals surface area contributed by atoms with E-state index in [1.807, 2.05) is 34.9 Å². The molecule has 1 aromatic carbocycles. The first-order valence-corrected chi connectivity index (χ1v) is 7.38. The molecule has 0 saturated carbocycles. The van der Waals surface area contributed by atoms with E-state index in [4.69, 9.17) is 0 Å². The Kier molecular flexibility index (Phi) is 3.52. The molecule has 0 atom stereocenters. The van der Waals surface area contributed by atoms with Crippen LogP contribution in [0.5, 0.6) is 0 Å². The van der Waals surface area contributed by atoms with Gasteiger partial charge in [-0.05, 0) is 35.9 Å². The molecule has 0 radical (unpaired) electrons. The van der Waals surface area contributed by atoms with E-state index in [1.54, 1.807) is 0 Å². The van der Waals surface area contributed by atoms with Crippen LogP contribution in [-0.4, -0.2) is 14.6 Å². The minimum atomic E-state index is -0.240. The van der Waals surface area contributed by atoms with Crippen LogP contribution in [0.2, 0.25) is 0 Å². The number of halogens is 2. The molecule has 0 aliphatic carbocycles. The average Bonchev–Trinajstić information content (AvgIpc) is 2.78. The summed E-state index contributed by atoms with van der Waals surface area (Å²) in [4.78, 5) is 0. The monoisotopic (exact) mass is 337 g/mol. The fraction of sp³-hybridized carbons (Fsp3) is 0.0769. The summed E-state index contributed by atoms with van der Waals surface area (Å²) in [6.07, 6.45) is 1.92. The zero-order valence-corrected chi connectivity index (χ0v) is 12.2. The molecule has 96 valence electrons. The maximum Gasteiger partial charge on any atom is 0.195 e. The van der Waals surface area contributed by atoms with Crippen molar-refractivity contribution in [3.8, 4) is 0 Å². The molecule has 0 N–H and O–H groups in total. The summed E-state index contributed by atoms with van der Waals surface area (Å²) in [5, 5.41) is 9.00. The smallest absolute Gasteiger partial charge is 0.195 e. The van der Waals surface area contributed by atoms with Crippen molar-refractivity contribution in [2.24, 2.45) is 0 Å². The van der Waals surface area contributed by atoms with Crippen molar-refractivity contribution in [1.82, 2.24) is 14.6 Å². The van der Waals surface area contributed by atoms with Crippen molar-refractivity contribution >= 4 is 33.3 Å². The van der Waals surface area contributed by atoms with Crippen LogP contribution in [0.15, 0.2) is 52.2 Å². The average molecular weight is 338 g/mol. The van der Waals surface area contributed by atoms with Crippen molar-refractivity contribution in [3.63, 3.8) is 0 Å². The van der Waals surface area contributed by atoms with Gasteiger partial charge in [0, 0.05) is 16.4 Å². The number of pyridine rings is 1. The Hall–Kier alpha value is -1.40. The molecule has 3 nitrogen and oxygen atoms in total. The molecule has 2 heterocycles. The van der Waals surface area contributed by atoms with Crippen molar-refractivity contribution in [2.45, 2.75) is 10.9 Å². The topological polar surface area (TPSA) is 30.2 Å². The van der Waals surface area contributed by atoms with Gasteiger partial charge in [0.05, 0.1) is 0 Å². The van der Waals surface area contributed by atoms with Crippen molar-refractivity contribution in [1.29, 1.82) is 0 Å². The summed E-state index contributed by atoms with van der Waals surface area (Å²) >= 11 is 4.82. The number of nitrogens with zero attached hydrogens (tertiary/aromatic N) is 3. The highest BCUT2D eigenvalue weighted by molar-refractivity contribution is 9.10. The van der Waals surface area contributed by atoms with Crippen LogP contribution in [0.4, 0.5) is 4.39 Å². The van der Waals surface area contributed by atoms with Crippen LogP contribution in [-0.2, 0) is 5.75 Å². The summed E-state index contributed by atoms with van der Waals surface area (Å²) in [6, 6.07) is 10.6. The molecule has 0 unspecified atom stereocenters. The number of benzene rings is 1. The van der Waals surface area contributed by atoms with Gasteiger partial charge in [-0.25, -0.2) is 4.39 Å². The number of rotatable bonds is 3. The number of fused-ring (bicyclic) bond motifs is 1. The Morgan fingerprint density at radius 3 is 2.95 bits per heavy atom. The maximum absolute atomic E-state index is 13.3. The number of hydrogen-bond donors (Lipinski definition) is 0. The van der Waals surface area contributed by atoms with Gasteiger partial charge in [-0.15, -0.1) is 10.2 Å². The van der Waals surface area contributed by atoms with Gasteiger partial charge in [-0.2, -0.15) is 0 Å². The Bertz CT molecular complexity index is 708. The highest BCUT2D eigenvalue weighted by Gasteiger charge is 2.06. The van der Waals surface area contributed by atoms with E-state index in [0.717, 1.165) is 20.8 Å². The van der Waals surface area contributed by atoms with Crippen LogP contribution in [0.3, 0.4) is 0 Å². The Labute approximate surface area is 122 Å². The summed E-state index contributed by atoms with van der Waals surface area (Å²) in [6.45, 7) is 0. The van der Waals surface area contributed by atoms with Crippen LogP contribution in [0.25, 0.3) is 5.65 Å². The zero-order valence-electron chi connectivity index (χ0n) is 9.75. The standard InChI is InChI=1S/C13H9BrFN3S/c14-10-5-9(6-11(15)7-10)8-19-13-17-16-12-3-1-2-4-18(12)13/h1-7H,8H2. The minimum absolute atomic E-state index is 0.240. The highest BCUT2D eigenvalue weighted by atomic mass is 79.9. The van der Waals surface area contributed by atoms with Gasteiger partial charge in [0.1, 0.15) is 5.82 Å². The van der Waals surface area contributed by atoms with E-state index >= 15 is 0 Å². The van der Waals surface area contributed by atoms with Crippen molar-refractivity contribution in [2.75, 3.05) is 0 Å². The summed E-state index contributed by atoms with van der Waals surface area (Å²) in [5.41, 5.74) is 1.72. The van der Waals surface area contributed by atoms with Crippen molar-refractivity contribution < 1.29 is 4.39 Å². The second kappa shape index (κ2) is 5.30. The van der Waals surface area contributed by atoms with E-state index in [2.05, 4.69) is 26.1 Å². The molecule has 2 aromatic heterocycles. The van der Waals surface area contributed by atoms with Gasteiger partial charge in [-0.1, -0.05) is 33.8 Å². The molecule has 0 spiro atoms. The van der Waals surface area contributed by atoms with Gasteiger partial charge in [0.25, 0.3) is 0 Å². The summed E-state index contributed by atoms with van der Waals surface area (Å²) in [7, 11) is 0. The molecule has 0 saturated heterocycles. The first-order chi connectivity index (χ1) is 9.22. The SMILES string of the molecule is Fc1cc(Br)cc(CSc2nnc3ccccn23)c1. The lowest BCUT2D eigenvalue weighted by Crippen LogP contribution is -1.88. The minimum Gasteiger partial charge on any atom is -0.277 e. The van der Waals surface area contributed by atoms with Gasteiger partial charge in [0.15, 0.2) is 10.8 Å². The van der Waals surface area contributed by atoms with Crippen LogP contribution >= 0.6 is 27.7 Å². The normalized spacial score (nSPS) is 11.1. The second-order valence-corrected chi connectivity index (χ2v) is 5.84. The lowest BCUT2D eigenvalue weighted by Gasteiger charge is -2.02. The third kappa shape index (κ3) is 2.79. The van der Waals surface area contributed by atoms with E-state index in [-0.39, 0.29) is 5.82 Å². The van der Waals surface area contributed by atoms with E-state index in [0.29, 0.717) is 5.75 Å². The largest absolute Gasteiger partial charge is 0.277 e. The number of hydrogen-bond acceptors (Lipinski definition) is 3. The van der Waals surface area contributed by atoms with E-state index in [9.17, 15) is 4.39 Å². The molecular weight excluding hydrogens is 329 g/mol. The lowest BCUT2D eigenvalue weighted by atomic mass is 10.2. The van der Waals surface area contributed by atoms with Crippen molar-refractivity contribution in [3.05, 3.63) is 58.4 Å². The molecule has 6 heteroatoms. The lowest BCUT2D eigenvalue weighted by molar-refractivity contribution is 0.625. The quantitative estimate of drug-likeness (QED) is 0.678. The molecule has 0 bridgehead atoms. The Balaban J connectivity index is 1.82. The van der Waals surface area contributed by atoms with Crippen LogP contribution in [0, 0.1) is 5.82 Å². The van der Waals surface area contributed by atoms with Gasteiger partial charge >= 0.3 is 0 Å². The molecule has 0 aliphatic rings. The number of aromatic nitrogens is 3. The molecule has 3 aromatic rings. The Morgan fingerprint density at radius 1 is 1.21 bits per heavy atom. The predicted molar refractivity (Wildman–Crippen MR) is 76.6 cm³/mol. The van der Waals surface area contributed by atoms with Crippen LogP contribution < -0.4 is 0 Å². The molecular formula is C13H9BrFN3S. The van der Waals surface area contributed by atoms with Gasteiger partial charge < -0.3 is 0 Å². The predicted octanol–water partition coefficient (Wildman–Crippen LogP) is 3.92. The third-order valence-electron chi connectivity index (χ3n) is 2.57. The summed E-state index contributed by atoms with van der Waals surface area (Å²) in [5.74, 6) is 0.405. The first kappa shape index (κ1) is 12.6. The molecule has 0 fully saturated rings. The van der Waals surface area contributed by atoms with Gasteiger partial charge in [-0.3, -0.25) is 4.40 Å². The third-order valence-corrected chi connectivity index (χ3v) is 4.04. The van der Waals surface area contributed by atoms with Crippen LogP contribution in [0.1, 0.15) is 5.56 Å².